The number of nitrogens with zero attached hydrogens (tertiary/aromatic N) is 4. The summed E-state index contributed by atoms with van der Waals surface area (Å²) < 4.78 is 2.62. The molecule has 0 atom stereocenters. The van der Waals surface area contributed by atoms with Gasteiger partial charge in [-0.05, 0) is 30.9 Å². The number of hydrogen-bond acceptors (Lipinski definition) is 5. The highest BCUT2D eigenvalue weighted by Crippen LogP contribution is 2.34. The highest BCUT2D eigenvalue weighted by atomic mass is 32.2. The van der Waals surface area contributed by atoms with Crippen LogP contribution in [0.5, 0.6) is 0 Å². The van der Waals surface area contributed by atoms with Crippen LogP contribution in [0.1, 0.15) is 55.0 Å². The minimum atomic E-state index is -0.356. The fourth-order valence-electron chi connectivity index (χ4n) is 4.01. The molecule has 0 radical (unpaired) electrons. The number of rotatable bonds is 4. The van der Waals surface area contributed by atoms with Crippen molar-refractivity contribution in [3.63, 3.8) is 0 Å². The van der Waals surface area contributed by atoms with Crippen LogP contribution < -0.4 is 11.2 Å². The van der Waals surface area contributed by atoms with Crippen molar-refractivity contribution in [2.75, 3.05) is 0 Å². The van der Waals surface area contributed by atoms with Crippen LogP contribution in [-0.4, -0.2) is 19.1 Å². The summed E-state index contributed by atoms with van der Waals surface area (Å²) in [5.74, 6) is 1.78. The van der Waals surface area contributed by atoms with Crippen molar-refractivity contribution in [2.24, 2.45) is 14.1 Å². The summed E-state index contributed by atoms with van der Waals surface area (Å²) in [6.45, 7) is 2.09. The molecular weight excluding hydrogens is 384 g/mol. The maximum absolute atomic E-state index is 12.9. The number of thioether (sulfide) groups is 1. The lowest BCUT2D eigenvalue weighted by atomic mass is 9.89. The Kier molecular flexibility index (Phi) is 5.58. The zero-order valence-corrected chi connectivity index (χ0v) is 18.0. The summed E-state index contributed by atoms with van der Waals surface area (Å²) in [7, 11) is 3.19. The minimum Gasteiger partial charge on any atom is -0.280 e. The summed E-state index contributed by atoms with van der Waals surface area (Å²) in [4.78, 5) is 35.0. The maximum Gasteiger partial charge on any atom is 0.332 e. The van der Waals surface area contributed by atoms with E-state index in [0.29, 0.717) is 22.0 Å². The Balaban J connectivity index is 1.86. The molecule has 2 heterocycles. The van der Waals surface area contributed by atoms with Crippen molar-refractivity contribution >= 4 is 22.8 Å². The van der Waals surface area contributed by atoms with Gasteiger partial charge in [-0.25, -0.2) is 14.8 Å². The molecule has 4 rings (SSSR count). The Morgan fingerprint density at radius 3 is 2.48 bits per heavy atom. The van der Waals surface area contributed by atoms with Crippen molar-refractivity contribution < 1.29 is 0 Å². The molecular formula is C22H26N4O2S. The summed E-state index contributed by atoms with van der Waals surface area (Å²) in [5, 5.41) is 1.11. The van der Waals surface area contributed by atoms with E-state index in [9.17, 15) is 9.59 Å². The molecule has 3 aromatic rings. The first-order valence-electron chi connectivity index (χ1n) is 10.1. The van der Waals surface area contributed by atoms with E-state index >= 15 is 0 Å². The van der Waals surface area contributed by atoms with Crippen LogP contribution in [0.15, 0.2) is 38.9 Å². The number of aromatic nitrogens is 4. The Bertz CT molecular complexity index is 1180. The largest absolute Gasteiger partial charge is 0.332 e. The highest BCUT2D eigenvalue weighted by Gasteiger charge is 2.23. The summed E-state index contributed by atoms with van der Waals surface area (Å²) in [5.41, 5.74) is 2.19. The van der Waals surface area contributed by atoms with Crippen LogP contribution in [0, 0.1) is 6.92 Å². The topological polar surface area (TPSA) is 69.8 Å². The Morgan fingerprint density at radius 1 is 1.03 bits per heavy atom. The third-order valence-electron chi connectivity index (χ3n) is 5.88. The summed E-state index contributed by atoms with van der Waals surface area (Å²) in [6, 6.07) is 8.24. The second kappa shape index (κ2) is 8.14. The lowest BCUT2D eigenvalue weighted by molar-refractivity contribution is 0.427. The van der Waals surface area contributed by atoms with Gasteiger partial charge < -0.3 is 0 Å². The molecule has 1 aliphatic carbocycles. The molecule has 0 unspecified atom stereocenters. The van der Waals surface area contributed by atoms with Gasteiger partial charge in [-0.1, -0.05) is 43.5 Å². The minimum absolute atomic E-state index is 0.296. The van der Waals surface area contributed by atoms with Gasteiger partial charge in [-0.15, -0.1) is 11.8 Å². The van der Waals surface area contributed by atoms with Gasteiger partial charge in [0.25, 0.3) is 5.56 Å². The quantitative estimate of drug-likeness (QED) is 0.485. The second-order valence-corrected chi connectivity index (χ2v) is 8.81. The molecule has 0 N–H and O–H groups in total. The second-order valence-electron chi connectivity index (χ2n) is 7.84. The van der Waals surface area contributed by atoms with E-state index in [2.05, 4.69) is 19.1 Å². The first-order chi connectivity index (χ1) is 14.0. The van der Waals surface area contributed by atoms with E-state index in [1.165, 1.54) is 42.0 Å². The zero-order valence-electron chi connectivity index (χ0n) is 17.1. The molecule has 0 aliphatic heterocycles. The van der Waals surface area contributed by atoms with Crippen LogP contribution in [0.3, 0.4) is 0 Å². The lowest BCUT2D eigenvalue weighted by Crippen LogP contribution is -2.38. The average molecular weight is 411 g/mol. The average Bonchev–Trinajstić information content (AvgIpc) is 2.75. The molecule has 152 valence electrons. The molecule has 1 saturated carbocycles. The fraction of sp³-hybridized carbons (Fsp3) is 0.455. The normalized spacial score (nSPS) is 15.1. The highest BCUT2D eigenvalue weighted by molar-refractivity contribution is 7.98. The predicted molar refractivity (Wildman–Crippen MR) is 117 cm³/mol. The van der Waals surface area contributed by atoms with Gasteiger partial charge in [0.05, 0.1) is 0 Å². The van der Waals surface area contributed by atoms with Gasteiger partial charge in [-0.3, -0.25) is 13.9 Å². The molecule has 2 aromatic heterocycles. The van der Waals surface area contributed by atoms with Crippen LogP contribution in [-0.2, 0) is 19.8 Å². The van der Waals surface area contributed by atoms with Gasteiger partial charge >= 0.3 is 5.69 Å². The fourth-order valence-corrected chi connectivity index (χ4v) is 5.11. The molecule has 0 saturated heterocycles. The molecule has 29 heavy (non-hydrogen) atoms. The van der Waals surface area contributed by atoms with Crippen LogP contribution >= 0.6 is 11.8 Å². The molecule has 0 bridgehead atoms. The van der Waals surface area contributed by atoms with E-state index in [-0.39, 0.29) is 11.2 Å². The Hall–Kier alpha value is -2.41. The molecule has 0 spiro atoms. The van der Waals surface area contributed by atoms with Crippen molar-refractivity contribution in [1.82, 2.24) is 19.1 Å². The maximum atomic E-state index is 12.9. The van der Waals surface area contributed by atoms with Crippen molar-refractivity contribution in [3.8, 4) is 0 Å². The number of fused-ring (bicyclic) bond motifs is 1. The van der Waals surface area contributed by atoms with Crippen LogP contribution in [0.4, 0.5) is 0 Å². The molecule has 6 nitrogen and oxygen atoms in total. The molecule has 1 fully saturated rings. The van der Waals surface area contributed by atoms with Crippen LogP contribution in [0.25, 0.3) is 11.0 Å². The monoisotopic (exact) mass is 410 g/mol. The van der Waals surface area contributed by atoms with Gasteiger partial charge in [-0.2, -0.15) is 0 Å². The SMILES string of the molecule is Cc1ccccc1CSc1nc(C2CCCCC2)nc2c1c(=O)n(C)c(=O)n2C. The van der Waals surface area contributed by atoms with Gasteiger partial charge in [0.15, 0.2) is 5.65 Å². The zero-order chi connectivity index (χ0) is 20.5. The third kappa shape index (κ3) is 3.75. The Morgan fingerprint density at radius 2 is 1.76 bits per heavy atom. The van der Waals surface area contributed by atoms with E-state index in [4.69, 9.17) is 9.97 Å². The smallest absolute Gasteiger partial charge is 0.280 e. The van der Waals surface area contributed by atoms with E-state index in [0.717, 1.165) is 29.0 Å². The first-order valence-corrected chi connectivity index (χ1v) is 11.1. The van der Waals surface area contributed by atoms with Crippen molar-refractivity contribution in [3.05, 3.63) is 62.1 Å². The van der Waals surface area contributed by atoms with Gasteiger partial charge in [0.1, 0.15) is 16.2 Å². The number of benzene rings is 1. The summed E-state index contributed by atoms with van der Waals surface area (Å²) in [6.07, 6.45) is 5.72. The van der Waals surface area contributed by atoms with Crippen molar-refractivity contribution in [1.29, 1.82) is 0 Å². The molecule has 0 amide bonds. The van der Waals surface area contributed by atoms with Crippen LogP contribution in [0.2, 0.25) is 0 Å². The van der Waals surface area contributed by atoms with Gasteiger partial charge in [0.2, 0.25) is 0 Å². The third-order valence-corrected chi connectivity index (χ3v) is 6.90. The molecule has 1 aliphatic rings. The molecule has 7 heteroatoms. The Labute approximate surface area is 174 Å². The molecule has 1 aromatic carbocycles. The van der Waals surface area contributed by atoms with E-state index in [1.54, 1.807) is 18.8 Å². The van der Waals surface area contributed by atoms with Crippen molar-refractivity contribution in [2.45, 2.75) is 55.7 Å². The van der Waals surface area contributed by atoms with E-state index < -0.39 is 0 Å². The van der Waals surface area contributed by atoms with E-state index in [1.807, 2.05) is 12.1 Å². The van der Waals surface area contributed by atoms with Gasteiger partial charge in [0, 0.05) is 25.8 Å². The lowest BCUT2D eigenvalue weighted by Gasteiger charge is -2.21. The first kappa shape index (κ1) is 19.9. The predicted octanol–water partition coefficient (Wildman–Crippen LogP) is 3.68. The summed E-state index contributed by atoms with van der Waals surface area (Å²) >= 11 is 1.55. The standard InChI is InChI=1S/C22H26N4O2S/c1-14-9-7-8-12-16(14)13-29-20-17-19(25(2)22(28)26(3)21(17)27)23-18(24-20)15-10-5-4-6-11-15/h7-9,12,15H,4-6,10-11,13H2,1-3H3. The number of aryl methyl sites for hydroxylation is 2. The number of hydrogen-bond donors (Lipinski definition) is 0.